The molecule has 1 aliphatic rings. The molecule has 3 aromatic rings. The van der Waals surface area contributed by atoms with Gasteiger partial charge in [-0.25, -0.2) is 0 Å². The SMILES string of the molecule is CC1CCN(c2ccccc2)C(c2ccc3ccccc3c2)=N1. The molecule has 2 nitrogen and oxygen atoms in total. The normalized spacial score (nSPS) is 18.0. The van der Waals surface area contributed by atoms with E-state index in [1.165, 1.54) is 22.0 Å². The number of benzene rings is 3. The van der Waals surface area contributed by atoms with E-state index in [0.29, 0.717) is 6.04 Å². The van der Waals surface area contributed by atoms with Gasteiger partial charge in [-0.15, -0.1) is 0 Å². The van der Waals surface area contributed by atoms with Gasteiger partial charge in [0.15, 0.2) is 0 Å². The molecule has 0 fully saturated rings. The zero-order valence-corrected chi connectivity index (χ0v) is 13.3. The van der Waals surface area contributed by atoms with E-state index in [1.54, 1.807) is 0 Å². The zero-order valence-electron chi connectivity index (χ0n) is 13.3. The first kappa shape index (κ1) is 14.0. The van der Waals surface area contributed by atoms with Gasteiger partial charge in [0.1, 0.15) is 5.84 Å². The first-order valence-corrected chi connectivity index (χ1v) is 8.21. The Bertz CT molecular complexity index is 852. The number of hydrogen-bond acceptors (Lipinski definition) is 2. The monoisotopic (exact) mass is 300 g/mol. The third-order valence-electron chi connectivity index (χ3n) is 4.44. The quantitative estimate of drug-likeness (QED) is 0.658. The van der Waals surface area contributed by atoms with Crippen molar-refractivity contribution in [3.63, 3.8) is 0 Å². The molecule has 0 saturated carbocycles. The number of nitrogens with zero attached hydrogens (tertiary/aromatic N) is 2. The van der Waals surface area contributed by atoms with E-state index >= 15 is 0 Å². The Hall–Kier alpha value is -2.61. The van der Waals surface area contributed by atoms with Crippen molar-refractivity contribution in [2.24, 2.45) is 4.99 Å². The minimum Gasteiger partial charge on any atom is -0.326 e. The van der Waals surface area contributed by atoms with Crippen LogP contribution in [0.25, 0.3) is 10.8 Å². The molecule has 0 aliphatic carbocycles. The highest BCUT2D eigenvalue weighted by Gasteiger charge is 2.21. The predicted molar refractivity (Wildman–Crippen MR) is 98.4 cm³/mol. The number of amidine groups is 1. The van der Waals surface area contributed by atoms with Crippen molar-refractivity contribution in [2.45, 2.75) is 19.4 Å². The van der Waals surface area contributed by atoms with E-state index in [2.05, 4.69) is 84.6 Å². The molecule has 0 amide bonds. The second kappa shape index (κ2) is 5.88. The Morgan fingerprint density at radius 1 is 0.870 bits per heavy atom. The molecule has 0 saturated heterocycles. The van der Waals surface area contributed by atoms with Crippen molar-refractivity contribution in [3.05, 3.63) is 78.4 Å². The molecule has 3 aromatic carbocycles. The van der Waals surface area contributed by atoms with Crippen molar-refractivity contribution in [1.82, 2.24) is 0 Å². The van der Waals surface area contributed by atoms with Crippen LogP contribution >= 0.6 is 0 Å². The van der Waals surface area contributed by atoms with Crippen molar-refractivity contribution in [2.75, 3.05) is 11.4 Å². The maximum Gasteiger partial charge on any atom is 0.135 e. The van der Waals surface area contributed by atoms with Crippen molar-refractivity contribution in [3.8, 4) is 0 Å². The fourth-order valence-electron chi connectivity index (χ4n) is 3.18. The maximum absolute atomic E-state index is 4.96. The molecule has 114 valence electrons. The van der Waals surface area contributed by atoms with Gasteiger partial charge in [-0.1, -0.05) is 54.6 Å². The minimum atomic E-state index is 0.372. The van der Waals surface area contributed by atoms with E-state index in [0.717, 1.165) is 18.8 Å². The summed E-state index contributed by atoms with van der Waals surface area (Å²) < 4.78 is 0. The third-order valence-corrected chi connectivity index (χ3v) is 4.44. The van der Waals surface area contributed by atoms with Crippen LogP contribution in [0.5, 0.6) is 0 Å². The molecule has 23 heavy (non-hydrogen) atoms. The Morgan fingerprint density at radius 2 is 1.61 bits per heavy atom. The molecule has 0 spiro atoms. The highest BCUT2D eigenvalue weighted by atomic mass is 15.2. The molecule has 1 aliphatic heterocycles. The lowest BCUT2D eigenvalue weighted by atomic mass is 10.0. The average molecular weight is 300 g/mol. The van der Waals surface area contributed by atoms with E-state index in [9.17, 15) is 0 Å². The summed E-state index contributed by atoms with van der Waals surface area (Å²) in [4.78, 5) is 7.30. The number of para-hydroxylation sites is 1. The summed E-state index contributed by atoms with van der Waals surface area (Å²) in [6.07, 6.45) is 1.09. The highest BCUT2D eigenvalue weighted by Crippen LogP contribution is 2.25. The second-order valence-electron chi connectivity index (χ2n) is 6.14. The van der Waals surface area contributed by atoms with Crippen LogP contribution in [-0.2, 0) is 0 Å². The van der Waals surface area contributed by atoms with Gasteiger partial charge in [-0.3, -0.25) is 4.99 Å². The van der Waals surface area contributed by atoms with Gasteiger partial charge in [0, 0.05) is 17.8 Å². The lowest BCUT2D eigenvalue weighted by Crippen LogP contribution is -2.38. The zero-order chi connectivity index (χ0) is 15.6. The molecular formula is C21H20N2. The van der Waals surface area contributed by atoms with Crippen molar-refractivity contribution < 1.29 is 0 Å². The second-order valence-corrected chi connectivity index (χ2v) is 6.14. The Balaban J connectivity index is 1.81. The van der Waals surface area contributed by atoms with E-state index in [1.807, 2.05) is 0 Å². The molecule has 2 heteroatoms. The fraction of sp³-hybridized carbons (Fsp3) is 0.190. The van der Waals surface area contributed by atoms with Gasteiger partial charge in [0.2, 0.25) is 0 Å². The Labute approximate surface area is 137 Å². The largest absolute Gasteiger partial charge is 0.326 e. The van der Waals surface area contributed by atoms with E-state index in [-0.39, 0.29) is 0 Å². The standard InChI is InChI=1S/C21H20N2/c1-16-13-14-23(20-9-3-2-4-10-20)21(22-16)19-12-11-17-7-5-6-8-18(17)15-19/h2-12,15-16H,13-14H2,1H3. The van der Waals surface area contributed by atoms with E-state index in [4.69, 9.17) is 4.99 Å². The molecule has 1 unspecified atom stereocenters. The Morgan fingerprint density at radius 3 is 2.43 bits per heavy atom. The predicted octanol–water partition coefficient (Wildman–Crippen LogP) is 4.89. The number of anilines is 1. The first-order valence-electron chi connectivity index (χ1n) is 8.21. The summed E-state index contributed by atoms with van der Waals surface area (Å²) in [7, 11) is 0. The smallest absolute Gasteiger partial charge is 0.135 e. The molecule has 0 N–H and O–H groups in total. The van der Waals surface area contributed by atoms with Crippen LogP contribution in [0.15, 0.2) is 77.8 Å². The fourth-order valence-corrected chi connectivity index (χ4v) is 3.18. The molecule has 0 aromatic heterocycles. The number of fused-ring (bicyclic) bond motifs is 1. The van der Waals surface area contributed by atoms with Gasteiger partial charge in [0.25, 0.3) is 0 Å². The topological polar surface area (TPSA) is 15.6 Å². The Kier molecular flexibility index (Phi) is 3.58. The van der Waals surface area contributed by atoms with Gasteiger partial charge in [0.05, 0.1) is 6.04 Å². The number of hydrogen-bond donors (Lipinski definition) is 0. The summed E-state index contributed by atoms with van der Waals surface area (Å²) in [5, 5.41) is 2.53. The van der Waals surface area contributed by atoms with Gasteiger partial charge in [-0.05, 0) is 42.3 Å². The molecule has 0 radical (unpaired) electrons. The van der Waals surface area contributed by atoms with E-state index < -0.39 is 0 Å². The molecule has 1 heterocycles. The molecule has 4 rings (SSSR count). The summed E-state index contributed by atoms with van der Waals surface area (Å²) in [6, 6.07) is 26.0. The van der Waals surface area contributed by atoms with Crippen LogP contribution in [0.4, 0.5) is 5.69 Å². The van der Waals surface area contributed by atoms with Crippen LogP contribution in [0.1, 0.15) is 18.9 Å². The minimum absolute atomic E-state index is 0.372. The third kappa shape index (κ3) is 2.72. The summed E-state index contributed by atoms with van der Waals surface area (Å²) >= 11 is 0. The van der Waals surface area contributed by atoms with Crippen LogP contribution in [-0.4, -0.2) is 18.4 Å². The van der Waals surface area contributed by atoms with Crippen LogP contribution in [0.2, 0.25) is 0 Å². The van der Waals surface area contributed by atoms with Gasteiger partial charge in [-0.2, -0.15) is 0 Å². The van der Waals surface area contributed by atoms with Crippen LogP contribution in [0.3, 0.4) is 0 Å². The highest BCUT2D eigenvalue weighted by molar-refractivity contribution is 6.12. The molecule has 0 bridgehead atoms. The molecular weight excluding hydrogens is 280 g/mol. The lowest BCUT2D eigenvalue weighted by molar-refractivity contribution is 0.646. The van der Waals surface area contributed by atoms with Gasteiger partial charge < -0.3 is 4.90 Å². The van der Waals surface area contributed by atoms with Crippen LogP contribution in [0, 0.1) is 0 Å². The van der Waals surface area contributed by atoms with Gasteiger partial charge >= 0.3 is 0 Å². The number of rotatable bonds is 2. The summed E-state index contributed by atoms with van der Waals surface area (Å²) in [5.41, 5.74) is 2.41. The molecule has 1 atom stereocenters. The maximum atomic E-state index is 4.96. The summed E-state index contributed by atoms with van der Waals surface area (Å²) in [6.45, 7) is 3.21. The number of aliphatic imine (C=N–C) groups is 1. The average Bonchev–Trinajstić information content (AvgIpc) is 2.62. The summed E-state index contributed by atoms with van der Waals surface area (Å²) in [5.74, 6) is 1.08. The first-order chi connectivity index (χ1) is 11.3. The van der Waals surface area contributed by atoms with Crippen LogP contribution < -0.4 is 4.90 Å². The van der Waals surface area contributed by atoms with Crippen molar-refractivity contribution in [1.29, 1.82) is 0 Å². The lowest BCUT2D eigenvalue weighted by Gasteiger charge is -2.32. The van der Waals surface area contributed by atoms with Crippen molar-refractivity contribution >= 4 is 22.3 Å².